The summed E-state index contributed by atoms with van der Waals surface area (Å²) in [5.41, 5.74) is -7.34. The molecule has 2 aliphatic rings. The van der Waals surface area contributed by atoms with Gasteiger partial charge in [-0.3, -0.25) is 0 Å². The second-order valence-electron chi connectivity index (χ2n) is 15.3. The van der Waals surface area contributed by atoms with Gasteiger partial charge in [-0.25, -0.2) is 9.98 Å². The van der Waals surface area contributed by atoms with Gasteiger partial charge in [-0.15, -0.1) is 0 Å². The van der Waals surface area contributed by atoms with Crippen LogP contribution >= 0.6 is 0 Å². The smallest absolute Gasteiger partial charge is 0.362 e. The maximum absolute atomic E-state index is 14.5. The first kappa shape index (κ1) is 42.2. The molecule has 7 rings (SSSR count). The number of hydrogen-bond donors (Lipinski definition) is 0. The molecule has 0 unspecified atom stereocenters. The van der Waals surface area contributed by atoms with Crippen molar-refractivity contribution in [2.45, 2.75) is 24.7 Å². The summed E-state index contributed by atoms with van der Waals surface area (Å²) in [6, 6.07) is 7.96. The predicted molar refractivity (Wildman–Crippen MR) is 206 cm³/mol. The molecule has 0 radical (unpaired) electrons. The summed E-state index contributed by atoms with van der Waals surface area (Å²) in [4.78, 5) is 15.9. The van der Waals surface area contributed by atoms with Gasteiger partial charge in [-0.2, -0.15) is 52.7 Å². The molecule has 6 nitrogen and oxygen atoms in total. The number of aliphatic imine (C=N–C) groups is 2. The summed E-state index contributed by atoms with van der Waals surface area (Å²) in [7, 11) is 13.2. The zero-order chi connectivity index (χ0) is 44.3. The van der Waals surface area contributed by atoms with E-state index in [1.807, 2.05) is 0 Å². The molecule has 0 atom stereocenters. The van der Waals surface area contributed by atoms with Crippen LogP contribution in [-0.2, 0) is 24.7 Å². The number of benzene rings is 5. The van der Waals surface area contributed by atoms with E-state index in [0.29, 0.717) is 69.1 Å². The predicted octanol–water partition coefficient (Wildman–Crippen LogP) is 9.30. The third-order valence-corrected chi connectivity index (χ3v) is 10.2. The zero-order valence-corrected chi connectivity index (χ0v) is 33.0. The maximum Gasteiger partial charge on any atom is 0.416 e. The number of fused-ring (bicyclic) bond motifs is 4. The standard InChI is InChI=1S/C42H34F12N6/c1-57(2)35-29-15-25-26(16-30(29)36(55-35)58(3)4)34(20-11-23(41(49,50)51)14-24(12-20)42(52,53)54)28-18-32-31(37(59(5)6)56-38(32)60(7)8)17-27(28)33(25)19-9-21(39(43,44)45)13-22(10-19)40(46,47)48/h9-18H,1-8H3. The van der Waals surface area contributed by atoms with Gasteiger partial charge in [-0.05, 0) is 104 Å². The number of rotatable bonds is 4. The van der Waals surface area contributed by atoms with Crippen LogP contribution in [0.25, 0.3) is 55.4 Å². The number of nitrogens with zero attached hydrogens (tertiary/aromatic N) is 6. The van der Waals surface area contributed by atoms with Gasteiger partial charge in [0.1, 0.15) is 23.3 Å². The highest BCUT2D eigenvalue weighted by Crippen LogP contribution is 2.48. The van der Waals surface area contributed by atoms with Gasteiger partial charge in [0.05, 0.1) is 22.3 Å². The van der Waals surface area contributed by atoms with E-state index in [0.717, 1.165) is 0 Å². The summed E-state index contributed by atoms with van der Waals surface area (Å²) in [5, 5.41) is 0.436. The number of hydrogen-bond acceptors (Lipinski definition) is 6. The Hall–Kier alpha value is -5.94. The lowest BCUT2D eigenvalue weighted by atomic mass is 9.82. The Bertz CT molecular complexity index is 2570. The summed E-state index contributed by atoms with van der Waals surface area (Å²) in [5.74, 6) is 1.29. The van der Waals surface area contributed by atoms with Gasteiger partial charge in [0.2, 0.25) is 0 Å². The minimum absolute atomic E-state index is 0.0246. The lowest BCUT2D eigenvalue weighted by Gasteiger charge is -2.23. The Morgan fingerprint density at radius 1 is 0.350 bits per heavy atom. The van der Waals surface area contributed by atoms with Crippen molar-refractivity contribution < 1.29 is 52.7 Å². The van der Waals surface area contributed by atoms with E-state index < -0.39 is 58.1 Å². The highest BCUT2D eigenvalue weighted by atomic mass is 19.4. The topological polar surface area (TPSA) is 37.7 Å². The van der Waals surface area contributed by atoms with E-state index in [-0.39, 0.29) is 44.8 Å². The third kappa shape index (κ3) is 7.12. The maximum atomic E-state index is 14.5. The molecule has 2 aliphatic heterocycles. The van der Waals surface area contributed by atoms with Gasteiger partial charge >= 0.3 is 24.7 Å². The average molecular weight is 851 g/mol. The Labute approximate surface area is 334 Å². The van der Waals surface area contributed by atoms with Gasteiger partial charge in [0.15, 0.2) is 0 Å². The van der Waals surface area contributed by atoms with Crippen LogP contribution in [0.1, 0.15) is 33.4 Å². The fourth-order valence-corrected chi connectivity index (χ4v) is 7.68. The van der Waals surface area contributed by atoms with E-state index >= 15 is 0 Å². The van der Waals surface area contributed by atoms with Gasteiger partial charge in [0.25, 0.3) is 0 Å². The lowest BCUT2D eigenvalue weighted by molar-refractivity contribution is -0.144. The first-order chi connectivity index (χ1) is 27.6. The summed E-state index contributed by atoms with van der Waals surface area (Å²) < 4.78 is 174. The van der Waals surface area contributed by atoms with Crippen molar-refractivity contribution >= 4 is 44.9 Å². The van der Waals surface area contributed by atoms with Crippen molar-refractivity contribution in [2.75, 3.05) is 56.4 Å². The van der Waals surface area contributed by atoms with Gasteiger partial charge in [-0.1, -0.05) is 0 Å². The van der Waals surface area contributed by atoms with E-state index in [1.165, 1.54) is 24.3 Å². The largest absolute Gasteiger partial charge is 0.416 e. The van der Waals surface area contributed by atoms with Crippen molar-refractivity contribution in [1.29, 1.82) is 0 Å². The van der Waals surface area contributed by atoms with E-state index in [9.17, 15) is 52.7 Å². The molecule has 0 aliphatic carbocycles. The number of amidine groups is 2. The van der Waals surface area contributed by atoms with Crippen LogP contribution < -0.4 is 10.4 Å². The van der Waals surface area contributed by atoms with Crippen LogP contribution in [0.3, 0.4) is 0 Å². The highest BCUT2D eigenvalue weighted by Gasteiger charge is 2.40. The van der Waals surface area contributed by atoms with Crippen molar-refractivity contribution in [3.05, 3.63) is 104 Å². The Balaban J connectivity index is 1.84. The average Bonchev–Trinajstić information content (AvgIpc) is 3.69. The normalized spacial score (nSPS) is 14.5. The van der Waals surface area contributed by atoms with E-state index in [4.69, 9.17) is 9.98 Å². The monoisotopic (exact) mass is 850 g/mol. The molecule has 0 saturated heterocycles. The Morgan fingerprint density at radius 3 is 0.850 bits per heavy atom. The van der Waals surface area contributed by atoms with Crippen molar-refractivity contribution in [2.24, 2.45) is 9.98 Å². The van der Waals surface area contributed by atoms with Crippen LogP contribution in [0, 0.1) is 0 Å². The molecule has 5 aromatic rings. The quantitative estimate of drug-likeness (QED) is 0.134. The van der Waals surface area contributed by atoms with Crippen molar-refractivity contribution in [3.8, 4) is 22.3 Å². The van der Waals surface area contributed by atoms with Crippen LogP contribution in [0.5, 0.6) is 0 Å². The fraction of sp³-hybridized carbons (Fsp3) is 0.286. The molecule has 0 bridgehead atoms. The number of halogens is 12. The molecular weight excluding hydrogens is 816 g/mol. The molecule has 2 heterocycles. The van der Waals surface area contributed by atoms with E-state index in [2.05, 4.69) is 0 Å². The molecule has 5 aromatic carbocycles. The molecule has 0 spiro atoms. The van der Waals surface area contributed by atoms with Gasteiger partial charge < -0.3 is 19.6 Å². The Morgan fingerprint density at radius 2 is 0.617 bits per heavy atom. The SMILES string of the molecule is CN(C)C1=NC(N(C)C)=c2cc3c(-c4cc(C(F)(F)F)cc(C(F)(F)F)c4)c4cc5c(cc4c(-c4cc(C(F)(F)F)cc(C(F)(F)F)c4)c3cc21)=C(N(C)C)N=C5N(C)C. The molecule has 0 N–H and O–H groups in total. The minimum atomic E-state index is -5.27. The molecule has 316 valence electrons. The highest BCUT2D eigenvalue weighted by molar-refractivity contribution is 6.24. The minimum Gasteiger partial charge on any atom is -0.362 e. The van der Waals surface area contributed by atoms with Crippen LogP contribution in [0.4, 0.5) is 52.7 Å². The van der Waals surface area contributed by atoms with Crippen molar-refractivity contribution in [1.82, 2.24) is 19.6 Å². The lowest BCUT2D eigenvalue weighted by Crippen LogP contribution is -2.26. The van der Waals surface area contributed by atoms with E-state index in [1.54, 1.807) is 76.0 Å². The molecule has 0 amide bonds. The zero-order valence-electron chi connectivity index (χ0n) is 33.0. The molecule has 60 heavy (non-hydrogen) atoms. The molecule has 0 saturated carbocycles. The summed E-state index contributed by atoms with van der Waals surface area (Å²) in [6.07, 6.45) is -21.1. The molecule has 0 fully saturated rings. The summed E-state index contributed by atoms with van der Waals surface area (Å²) >= 11 is 0. The molecule has 18 heteroatoms. The summed E-state index contributed by atoms with van der Waals surface area (Å²) in [6.45, 7) is 0. The fourth-order valence-electron chi connectivity index (χ4n) is 7.68. The second-order valence-corrected chi connectivity index (χ2v) is 15.3. The molecular formula is C42H34F12N6. The van der Waals surface area contributed by atoms with Crippen LogP contribution in [-0.4, -0.2) is 87.7 Å². The van der Waals surface area contributed by atoms with Crippen molar-refractivity contribution in [3.63, 3.8) is 0 Å². The first-order valence-corrected chi connectivity index (χ1v) is 17.9. The third-order valence-electron chi connectivity index (χ3n) is 10.2. The molecule has 0 aromatic heterocycles. The second kappa shape index (κ2) is 13.8. The first-order valence-electron chi connectivity index (χ1n) is 17.9. The number of alkyl halides is 12. The Kier molecular flexibility index (Phi) is 9.71. The van der Waals surface area contributed by atoms with Crippen LogP contribution in [0.15, 0.2) is 70.6 Å². The van der Waals surface area contributed by atoms with Crippen LogP contribution in [0.2, 0.25) is 0 Å². The van der Waals surface area contributed by atoms with Gasteiger partial charge in [0, 0.05) is 77.9 Å².